The highest BCUT2D eigenvalue weighted by atomic mass is 32.1. The molecule has 1 aliphatic rings. The summed E-state index contributed by atoms with van der Waals surface area (Å²) in [5, 5.41) is 0. The number of hydrogen-bond acceptors (Lipinski definition) is 2. The van der Waals surface area contributed by atoms with Crippen LogP contribution < -0.4 is 11.3 Å². The molecule has 0 aromatic carbocycles. The van der Waals surface area contributed by atoms with E-state index in [1.165, 1.54) is 12.8 Å². The molecule has 1 saturated carbocycles. The lowest BCUT2D eigenvalue weighted by Crippen LogP contribution is -2.36. The molecular formula is C15H22N2OS. The molecule has 1 aromatic heterocycles. The molecule has 3 nitrogen and oxygen atoms in total. The second-order valence-electron chi connectivity index (χ2n) is 6.36. The van der Waals surface area contributed by atoms with Gasteiger partial charge in [-0.25, -0.2) is 0 Å². The summed E-state index contributed by atoms with van der Waals surface area (Å²) in [6.07, 6.45) is 4.53. The fourth-order valence-corrected chi connectivity index (χ4v) is 3.03. The van der Waals surface area contributed by atoms with Crippen LogP contribution in [0.2, 0.25) is 0 Å². The fourth-order valence-electron chi connectivity index (χ4n) is 2.88. The molecule has 1 fully saturated rings. The maximum absolute atomic E-state index is 12.7. The van der Waals surface area contributed by atoms with Crippen LogP contribution in [0.15, 0.2) is 16.9 Å². The summed E-state index contributed by atoms with van der Waals surface area (Å²) in [4.78, 5) is 12.9. The molecule has 0 unspecified atom stereocenters. The molecule has 104 valence electrons. The summed E-state index contributed by atoms with van der Waals surface area (Å²) < 4.78 is 1.95. The minimum atomic E-state index is -0.0590. The summed E-state index contributed by atoms with van der Waals surface area (Å²) >= 11 is 4.98. The van der Waals surface area contributed by atoms with Crippen molar-refractivity contribution in [3.05, 3.63) is 33.7 Å². The number of pyridine rings is 1. The summed E-state index contributed by atoms with van der Waals surface area (Å²) in [5.41, 5.74) is 7.12. The van der Waals surface area contributed by atoms with Crippen LogP contribution in [0.3, 0.4) is 0 Å². The Balaban J connectivity index is 2.66. The average Bonchev–Trinajstić information content (AvgIpc) is 2.79. The lowest BCUT2D eigenvalue weighted by molar-refractivity contribution is 0.431. The Kier molecular flexibility index (Phi) is 3.81. The van der Waals surface area contributed by atoms with Crippen LogP contribution >= 0.6 is 12.2 Å². The zero-order chi connectivity index (χ0) is 14.2. The number of nitrogens with zero attached hydrogens (tertiary/aromatic N) is 1. The Morgan fingerprint density at radius 1 is 1.32 bits per heavy atom. The Morgan fingerprint density at radius 3 is 2.37 bits per heavy atom. The van der Waals surface area contributed by atoms with Gasteiger partial charge in [-0.3, -0.25) is 4.79 Å². The molecule has 2 rings (SSSR count). The number of hydrogen-bond donors (Lipinski definition) is 1. The zero-order valence-corrected chi connectivity index (χ0v) is 12.7. The van der Waals surface area contributed by atoms with Crippen LogP contribution in [0.1, 0.15) is 63.8 Å². The predicted molar refractivity (Wildman–Crippen MR) is 82.8 cm³/mol. The monoisotopic (exact) mass is 278 g/mol. The van der Waals surface area contributed by atoms with Crippen molar-refractivity contribution >= 4 is 17.2 Å². The van der Waals surface area contributed by atoms with Crippen molar-refractivity contribution in [1.82, 2.24) is 4.57 Å². The Morgan fingerprint density at radius 2 is 1.89 bits per heavy atom. The third-order valence-corrected chi connectivity index (χ3v) is 4.06. The number of nitrogens with two attached hydrogens (primary N) is 1. The smallest absolute Gasteiger partial charge is 0.261 e. The lowest BCUT2D eigenvalue weighted by Gasteiger charge is -2.28. The SMILES string of the molecule is CC(C)(C)c1ccc(C(N)=S)c(=O)n1C1CCCC1. The van der Waals surface area contributed by atoms with Gasteiger partial charge in [-0.2, -0.15) is 0 Å². The summed E-state index contributed by atoms with van der Waals surface area (Å²) in [6.45, 7) is 6.40. The molecule has 0 amide bonds. The molecular weight excluding hydrogens is 256 g/mol. The van der Waals surface area contributed by atoms with E-state index < -0.39 is 0 Å². The standard InChI is InChI=1S/C15H22N2OS/c1-15(2,3)12-9-8-11(13(16)19)14(18)17(12)10-6-4-5-7-10/h8-10H,4-7H2,1-3H3,(H2,16,19). The van der Waals surface area contributed by atoms with Crippen molar-refractivity contribution < 1.29 is 0 Å². The van der Waals surface area contributed by atoms with Gasteiger partial charge in [-0.1, -0.05) is 45.8 Å². The van der Waals surface area contributed by atoms with Gasteiger partial charge in [0.25, 0.3) is 5.56 Å². The van der Waals surface area contributed by atoms with Crippen molar-refractivity contribution in [1.29, 1.82) is 0 Å². The molecule has 4 heteroatoms. The lowest BCUT2D eigenvalue weighted by atomic mass is 9.90. The number of thiocarbonyl (C=S) groups is 1. The average molecular weight is 278 g/mol. The first-order chi connectivity index (χ1) is 8.82. The molecule has 0 radical (unpaired) electrons. The predicted octanol–water partition coefficient (Wildman–Crippen LogP) is 2.90. The molecule has 1 aromatic rings. The highest BCUT2D eigenvalue weighted by Gasteiger charge is 2.27. The van der Waals surface area contributed by atoms with Gasteiger partial charge in [0.15, 0.2) is 0 Å². The Bertz CT molecular complexity index is 548. The molecule has 0 saturated heterocycles. The van der Waals surface area contributed by atoms with Gasteiger partial charge in [0, 0.05) is 17.2 Å². The van der Waals surface area contributed by atoms with E-state index in [9.17, 15) is 4.79 Å². The first-order valence-electron chi connectivity index (χ1n) is 6.88. The van der Waals surface area contributed by atoms with Gasteiger partial charge in [0.2, 0.25) is 0 Å². The Hall–Kier alpha value is -1.16. The van der Waals surface area contributed by atoms with Gasteiger partial charge in [-0.05, 0) is 25.0 Å². The second-order valence-corrected chi connectivity index (χ2v) is 6.80. The summed E-state index contributed by atoms with van der Waals surface area (Å²) in [5.74, 6) is 0. The highest BCUT2D eigenvalue weighted by molar-refractivity contribution is 7.80. The minimum absolute atomic E-state index is 0.0215. The van der Waals surface area contributed by atoms with E-state index in [0.29, 0.717) is 11.6 Å². The first kappa shape index (κ1) is 14.3. The van der Waals surface area contributed by atoms with E-state index >= 15 is 0 Å². The van der Waals surface area contributed by atoms with Crippen molar-refractivity contribution in [2.45, 2.75) is 57.9 Å². The molecule has 0 spiro atoms. The van der Waals surface area contributed by atoms with Gasteiger partial charge in [0.05, 0.1) is 5.56 Å². The van der Waals surface area contributed by atoms with Crippen molar-refractivity contribution in [2.24, 2.45) is 5.73 Å². The van der Waals surface area contributed by atoms with E-state index in [2.05, 4.69) is 20.8 Å². The number of aromatic nitrogens is 1. The van der Waals surface area contributed by atoms with E-state index in [-0.39, 0.29) is 16.0 Å². The normalized spacial score (nSPS) is 16.8. The van der Waals surface area contributed by atoms with Gasteiger partial charge >= 0.3 is 0 Å². The van der Waals surface area contributed by atoms with E-state index in [1.807, 2.05) is 10.6 Å². The van der Waals surface area contributed by atoms with Crippen LogP contribution in [0.4, 0.5) is 0 Å². The molecule has 19 heavy (non-hydrogen) atoms. The van der Waals surface area contributed by atoms with Crippen LogP contribution in [-0.2, 0) is 5.41 Å². The van der Waals surface area contributed by atoms with E-state index in [4.69, 9.17) is 18.0 Å². The quantitative estimate of drug-likeness (QED) is 0.846. The largest absolute Gasteiger partial charge is 0.389 e. The van der Waals surface area contributed by atoms with Crippen molar-refractivity contribution in [2.75, 3.05) is 0 Å². The van der Waals surface area contributed by atoms with Crippen molar-refractivity contribution in [3.63, 3.8) is 0 Å². The van der Waals surface area contributed by atoms with Crippen LogP contribution in [0.25, 0.3) is 0 Å². The third-order valence-electron chi connectivity index (χ3n) is 3.84. The minimum Gasteiger partial charge on any atom is -0.389 e. The van der Waals surface area contributed by atoms with Gasteiger partial charge < -0.3 is 10.3 Å². The Labute approximate surface area is 119 Å². The highest BCUT2D eigenvalue weighted by Crippen LogP contribution is 2.32. The molecule has 0 bridgehead atoms. The zero-order valence-electron chi connectivity index (χ0n) is 11.9. The molecule has 1 aliphatic carbocycles. The van der Waals surface area contributed by atoms with Crippen molar-refractivity contribution in [3.8, 4) is 0 Å². The molecule has 1 heterocycles. The molecule has 2 N–H and O–H groups in total. The van der Waals surface area contributed by atoms with Crippen LogP contribution in [-0.4, -0.2) is 9.56 Å². The van der Waals surface area contributed by atoms with Crippen LogP contribution in [0.5, 0.6) is 0 Å². The van der Waals surface area contributed by atoms with Gasteiger partial charge in [0.1, 0.15) is 4.99 Å². The first-order valence-corrected chi connectivity index (χ1v) is 7.29. The van der Waals surface area contributed by atoms with Gasteiger partial charge in [-0.15, -0.1) is 0 Å². The fraction of sp³-hybridized carbons (Fsp3) is 0.600. The third kappa shape index (κ3) is 2.73. The second kappa shape index (κ2) is 5.08. The molecule has 0 atom stereocenters. The number of rotatable bonds is 2. The molecule has 0 aliphatic heterocycles. The summed E-state index contributed by atoms with van der Waals surface area (Å²) in [7, 11) is 0. The van der Waals surface area contributed by atoms with E-state index in [1.54, 1.807) is 6.07 Å². The maximum Gasteiger partial charge on any atom is 0.261 e. The maximum atomic E-state index is 12.7. The topological polar surface area (TPSA) is 48.0 Å². The van der Waals surface area contributed by atoms with Crippen LogP contribution in [0, 0.1) is 0 Å². The summed E-state index contributed by atoms with van der Waals surface area (Å²) in [6, 6.07) is 4.08. The van der Waals surface area contributed by atoms with E-state index in [0.717, 1.165) is 18.5 Å².